The predicted octanol–water partition coefficient (Wildman–Crippen LogP) is 6.47. The minimum absolute atomic E-state index is 0.0267. The van der Waals surface area contributed by atoms with Crippen molar-refractivity contribution in [1.82, 2.24) is 5.32 Å². The Morgan fingerprint density at radius 2 is 1.60 bits per heavy atom. The van der Waals surface area contributed by atoms with Crippen molar-refractivity contribution < 1.29 is 34.0 Å². The van der Waals surface area contributed by atoms with Crippen LogP contribution in [0.15, 0.2) is 102 Å². The van der Waals surface area contributed by atoms with Crippen LogP contribution >= 0.6 is 11.8 Å². The number of rotatable bonds is 15. The first-order valence-corrected chi connectivity index (χ1v) is 16.9. The number of hydrogen-bond donors (Lipinski definition) is 3. The number of carboxylic acid groups (broad SMARTS) is 1. The molecule has 4 aromatic rings. The van der Waals surface area contributed by atoms with E-state index in [0.717, 1.165) is 38.1 Å². The van der Waals surface area contributed by atoms with Gasteiger partial charge in [0.1, 0.15) is 0 Å². The average molecular weight is 657 g/mol. The molecule has 47 heavy (non-hydrogen) atoms. The Labute approximate surface area is 279 Å². The number of amides is 1. The van der Waals surface area contributed by atoms with Crippen LogP contribution in [0.5, 0.6) is 0 Å². The molecule has 0 bridgehead atoms. The number of carboxylic acids is 1. The van der Waals surface area contributed by atoms with E-state index in [1.54, 1.807) is 12.1 Å². The van der Waals surface area contributed by atoms with Gasteiger partial charge in [0.05, 0.1) is 18.8 Å². The van der Waals surface area contributed by atoms with Crippen molar-refractivity contribution in [1.29, 1.82) is 0 Å². The Hall–Kier alpha value is -4.22. The SMILES string of the molecule is O=C(O)CCCCCC(=O)NCc1ccccc1-c1ccc(C2OC(CSc3cccc[n+]3[O-])CC(c3ccc(CO)cc3)O2)cc1. The Morgan fingerprint density at radius 1 is 0.872 bits per heavy atom. The second-order valence-corrected chi connectivity index (χ2v) is 12.6. The van der Waals surface area contributed by atoms with Gasteiger partial charge in [-0.15, -0.1) is 0 Å². The summed E-state index contributed by atoms with van der Waals surface area (Å²) in [5.41, 5.74) is 5.69. The smallest absolute Gasteiger partial charge is 0.303 e. The van der Waals surface area contributed by atoms with E-state index in [-0.39, 0.29) is 31.1 Å². The molecule has 0 spiro atoms. The normalized spacial score (nSPS) is 17.7. The van der Waals surface area contributed by atoms with E-state index < -0.39 is 12.3 Å². The van der Waals surface area contributed by atoms with Crippen molar-refractivity contribution in [2.75, 3.05) is 5.75 Å². The van der Waals surface area contributed by atoms with Crippen molar-refractivity contribution in [3.8, 4) is 11.1 Å². The zero-order valence-corrected chi connectivity index (χ0v) is 26.9. The summed E-state index contributed by atoms with van der Waals surface area (Å²) in [7, 11) is 0. The van der Waals surface area contributed by atoms with Crippen LogP contribution in [0, 0.1) is 5.21 Å². The minimum Gasteiger partial charge on any atom is -0.618 e. The summed E-state index contributed by atoms with van der Waals surface area (Å²) >= 11 is 1.45. The molecular weight excluding hydrogens is 616 g/mol. The van der Waals surface area contributed by atoms with Gasteiger partial charge in [0.15, 0.2) is 12.5 Å². The van der Waals surface area contributed by atoms with E-state index in [0.29, 0.717) is 49.4 Å². The third-order valence-electron chi connectivity index (χ3n) is 8.10. The van der Waals surface area contributed by atoms with Crippen LogP contribution in [0.2, 0.25) is 0 Å². The number of hydrogen-bond acceptors (Lipinski definition) is 7. The van der Waals surface area contributed by atoms with Gasteiger partial charge in [-0.05, 0) is 46.7 Å². The fraction of sp³-hybridized carbons (Fsp3) is 0.324. The van der Waals surface area contributed by atoms with Crippen LogP contribution in [0.1, 0.15) is 73.2 Å². The number of nitrogens with zero attached hydrogens (tertiary/aromatic N) is 1. The number of aromatic nitrogens is 1. The van der Waals surface area contributed by atoms with Gasteiger partial charge in [-0.25, -0.2) is 0 Å². The largest absolute Gasteiger partial charge is 0.618 e. The second kappa shape index (κ2) is 17.1. The maximum absolute atomic E-state index is 12.4. The molecule has 1 aromatic heterocycles. The van der Waals surface area contributed by atoms with Crippen LogP contribution in [0.25, 0.3) is 11.1 Å². The summed E-state index contributed by atoms with van der Waals surface area (Å²) in [4.78, 5) is 23.1. The lowest BCUT2D eigenvalue weighted by Gasteiger charge is -2.36. The highest BCUT2D eigenvalue weighted by molar-refractivity contribution is 7.99. The number of thioether (sulfide) groups is 1. The predicted molar refractivity (Wildman–Crippen MR) is 179 cm³/mol. The van der Waals surface area contributed by atoms with Gasteiger partial charge >= 0.3 is 5.97 Å². The van der Waals surface area contributed by atoms with Gasteiger partial charge in [0.2, 0.25) is 5.91 Å². The summed E-state index contributed by atoms with van der Waals surface area (Å²) in [5.74, 6) is -0.284. The van der Waals surface area contributed by atoms with E-state index in [4.69, 9.17) is 14.6 Å². The highest BCUT2D eigenvalue weighted by atomic mass is 32.2. The van der Waals surface area contributed by atoms with Crippen LogP contribution in [0.3, 0.4) is 0 Å². The van der Waals surface area contributed by atoms with Crippen LogP contribution < -0.4 is 10.0 Å². The fourth-order valence-electron chi connectivity index (χ4n) is 5.52. The number of carbonyl (C=O) groups excluding carboxylic acids is 1. The summed E-state index contributed by atoms with van der Waals surface area (Å²) in [5, 5.41) is 34.1. The Kier molecular flexibility index (Phi) is 12.4. The standard InChI is InChI=1S/C37H40N2O7S/c40-24-26-13-15-28(16-14-26)33-22-31(25-47-35-11-6-7-21-39(35)44)45-37(46-33)29-19-17-27(18-20-29)32-9-5-4-8-30(32)23-38-34(41)10-2-1-3-12-36(42)43/h4-9,11,13-21,31,33,37,40H,1-3,10,12,22-25H2,(H,38,41)(H,42,43). The molecule has 1 fully saturated rings. The quantitative estimate of drug-likeness (QED) is 0.0575. The Morgan fingerprint density at radius 3 is 2.34 bits per heavy atom. The van der Waals surface area contributed by atoms with E-state index in [1.807, 2.05) is 78.9 Å². The lowest BCUT2D eigenvalue weighted by molar-refractivity contribution is -0.645. The molecule has 3 atom stereocenters. The molecular formula is C37H40N2O7S. The lowest BCUT2D eigenvalue weighted by atomic mass is 9.97. The average Bonchev–Trinajstić information content (AvgIpc) is 3.10. The molecule has 0 saturated carbocycles. The Bertz CT molecular complexity index is 1610. The van der Waals surface area contributed by atoms with Crippen molar-refractivity contribution in [3.05, 3.63) is 125 Å². The van der Waals surface area contributed by atoms with Crippen molar-refractivity contribution in [3.63, 3.8) is 0 Å². The molecule has 1 aliphatic rings. The van der Waals surface area contributed by atoms with Crippen LogP contribution in [-0.4, -0.2) is 33.9 Å². The molecule has 246 valence electrons. The molecule has 1 amide bonds. The zero-order valence-electron chi connectivity index (χ0n) is 26.1. The first-order chi connectivity index (χ1) is 22.9. The molecule has 0 radical (unpaired) electrons. The third kappa shape index (κ3) is 9.89. The molecule has 9 nitrogen and oxygen atoms in total. The molecule has 10 heteroatoms. The Balaban J connectivity index is 1.26. The maximum Gasteiger partial charge on any atom is 0.303 e. The van der Waals surface area contributed by atoms with Crippen LogP contribution in [0.4, 0.5) is 0 Å². The molecule has 1 aliphatic heterocycles. The molecule has 2 heterocycles. The summed E-state index contributed by atoms with van der Waals surface area (Å²) in [6.45, 7) is 0.364. The molecule has 3 N–H and O–H groups in total. The topological polar surface area (TPSA) is 132 Å². The van der Waals surface area contributed by atoms with Crippen molar-refractivity contribution >= 4 is 23.6 Å². The number of carbonyl (C=O) groups is 2. The van der Waals surface area contributed by atoms with Gasteiger partial charge < -0.3 is 30.2 Å². The maximum atomic E-state index is 12.4. The van der Waals surface area contributed by atoms with E-state index in [2.05, 4.69) is 5.32 Å². The molecule has 5 rings (SSSR count). The van der Waals surface area contributed by atoms with Gasteiger partial charge in [0.25, 0.3) is 5.03 Å². The van der Waals surface area contributed by atoms with Gasteiger partial charge in [0, 0.05) is 49.3 Å². The third-order valence-corrected chi connectivity index (χ3v) is 9.25. The number of nitrogens with one attached hydrogen (secondary N) is 1. The number of unbranched alkanes of at least 4 members (excludes halogenated alkanes) is 2. The fourth-order valence-corrected chi connectivity index (χ4v) is 6.46. The minimum atomic E-state index is -0.812. The lowest BCUT2D eigenvalue weighted by Crippen LogP contribution is -2.32. The molecule has 0 aliphatic carbocycles. The number of benzene rings is 3. The monoisotopic (exact) mass is 656 g/mol. The summed E-state index contributed by atoms with van der Waals surface area (Å²) < 4.78 is 13.8. The van der Waals surface area contributed by atoms with Crippen LogP contribution in [-0.2, 0) is 32.2 Å². The summed E-state index contributed by atoms with van der Waals surface area (Å²) in [6.07, 6.45) is 3.52. The number of ether oxygens (including phenoxy) is 2. The van der Waals surface area contributed by atoms with E-state index >= 15 is 0 Å². The first kappa shape index (κ1) is 34.1. The van der Waals surface area contributed by atoms with Gasteiger partial charge in [-0.3, -0.25) is 9.59 Å². The van der Waals surface area contributed by atoms with Gasteiger partial charge in [-0.2, -0.15) is 4.73 Å². The van der Waals surface area contributed by atoms with E-state index in [9.17, 15) is 19.9 Å². The molecule has 3 unspecified atom stereocenters. The summed E-state index contributed by atoms with van der Waals surface area (Å²) in [6, 6.07) is 29.1. The van der Waals surface area contributed by atoms with Gasteiger partial charge in [-0.1, -0.05) is 91.0 Å². The van der Waals surface area contributed by atoms with Crippen molar-refractivity contribution in [2.24, 2.45) is 0 Å². The second-order valence-electron chi connectivity index (χ2n) is 11.5. The highest BCUT2D eigenvalue weighted by Crippen LogP contribution is 2.39. The zero-order chi connectivity index (χ0) is 33.0. The number of aliphatic hydroxyl groups is 1. The molecule has 1 saturated heterocycles. The van der Waals surface area contributed by atoms with Crippen molar-refractivity contribution in [2.45, 2.75) is 75.2 Å². The highest BCUT2D eigenvalue weighted by Gasteiger charge is 2.32. The molecule has 3 aromatic carbocycles. The number of aliphatic hydroxyl groups excluding tert-OH is 1. The number of aliphatic carboxylic acids is 1. The first-order valence-electron chi connectivity index (χ1n) is 15.9. The number of pyridine rings is 1. The van der Waals surface area contributed by atoms with E-state index in [1.165, 1.54) is 18.0 Å².